The standard InChI is InChI=1S/C33H39N7O4/c1-32(2,3)26-27(24-9-7-8-10-25(24)41)37-38-29-28(26)40-19-23(15-22(40)18-34-29)43-30-35-16-21(17-36-30)20-11-13-39(14-12-20)31(42)44-33(4,5)6/h7-11,16-18,22-23,41H,12-15,19H2,1-6H3/t22-,23+/m1/s1. The van der Waals surface area contributed by atoms with Crippen molar-refractivity contribution in [1.29, 1.82) is 0 Å². The van der Waals surface area contributed by atoms with Crippen LogP contribution in [-0.4, -0.2) is 79.9 Å². The molecule has 1 N–H and O–H groups in total. The highest BCUT2D eigenvalue weighted by molar-refractivity contribution is 5.89. The Labute approximate surface area is 257 Å². The van der Waals surface area contributed by atoms with Crippen molar-refractivity contribution in [2.24, 2.45) is 4.99 Å². The van der Waals surface area contributed by atoms with Gasteiger partial charge in [0, 0.05) is 54.8 Å². The summed E-state index contributed by atoms with van der Waals surface area (Å²) in [6.45, 7) is 13.7. The van der Waals surface area contributed by atoms with Crippen molar-refractivity contribution in [3.63, 3.8) is 0 Å². The third kappa shape index (κ3) is 5.95. The first-order chi connectivity index (χ1) is 20.9. The average Bonchev–Trinajstić information content (AvgIpc) is 3.39. The highest BCUT2D eigenvalue weighted by atomic mass is 16.6. The summed E-state index contributed by atoms with van der Waals surface area (Å²) in [6, 6.07) is 7.56. The van der Waals surface area contributed by atoms with E-state index in [1.165, 1.54) is 0 Å². The van der Waals surface area contributed by atoms with Gasteiger partial charge >= 0.3 is 12.1 Å². The smallest absolute Gasteiger partial charge is 0.410 e. The summed E-state index contributed by atoms with van der Waals surface area (Å²) < 4.78 is 11.8. The van der Waals surface area contributed by atoms with Crippen LogP contribution in [0, 0.1) is 0 Å². The fourth-order valence-electron chi connectivity index (χ4n) is 5.93. The number of ether oxygens (including phenoxy) is 2. The topological polar surface area (TPSA) is 126 Å². The quantitative estimate of drug-likeness (QED) is 0.403. The van der Waals surface area contributed by atoms with Crippen LogP contribution in [0.2, 0.25) is 0 Å². The van der Waals surface area contributed by atoms with Crippen LogP contribution in [0.3, 0.4) is 0 Å². The SMILES string of the molecule is CC(C)(C)OC(=O)N1CC=C(c2cnc(O[C@H]3C[C@@H]4C=Nc5nnc(-c6ccccc6O)c(C(C)(C)C)c5N4C3)nc2)CC1. The van der Waals surface area contributed by atoms with Gasteiger partial charge in [0.25, 0.3) is 0 Å². The lowest BCUT2D eigenvalue weighted by atomic mass is 9.82. The number of amides is 1. The second-order valence-corrected chi connectivity index (χ2v) is 13.5. The Morgan fingerprint density at radius 2 is 1.80 bits per heavy atom. The number of carbonyl (C=O) groups is 1. The van der Waals surface area contributed by atoms with Crippen LogP contribution in [0.4, 0.5) is 16.3 Å². The maximum atomic E-state index is 12.4. The maximum Gasteiger partial charge on any atom is 0.410 e. The summed E-state index contributed by atoms with van der Waals surface area (Å²) in [5.41, 5.74) is 4.39. The normalized spacial score (nSPS) is 19.7. The predicted molar refractivity (Wildman–Crippen MR) is 169 cm³/mol. The first-order valence-corrected chi connectivity index (χ1v) is 15.0. The van der Waals surface area contributed by atoms with Gasteiger partial charge in [0.2, 0.25) is 0 Å². The Hall–Kier alpha value is -4.54. The molecule has 1 fully saturated rings. The van der Waals surface area contributed by atoms with E-state index in [0.717, 1.165) is 28.8 Å². The Kier molecular flexibility index (Phi) is 7.51. The molecule has 5 heterocycles. The van der Waals surface area contributed by atoms with Crippen molar-refractivity contribution in [2.45, 2.75) is 77.5 Å². The summed E-state index contributed by atoms with van der Waals surface area (Å²) >= 11 is 0. The van der Waals surface area contributed by atoms with Crippen LogP contribution in [0.5, 0.6) is 11.8 Å². The van der Waals surface area contributed by atoms with Crippen LogP contribution in [-0.2, 0) is 10.2 Å². The van der Waals surface area contributed by atoms with Crippen LogP contribution < -0.4 is 9.64 Å². The van der Waals surface area contributed by atoms with Gasteiger partial charge in [-0.15, -0.1) is 10.2 Å². The minimum atomic E-state index is -0.521. The number of rotatable bonds is 4. The minimum absolute atomic E-state index is 0.0228. The number of anilines is 1. The number of carbonyl (C=O) groups excluding carboxylic acids is 1. The molecule has 3 aliphatic heterocycles. The van der Waals surface area contributed by atoms with E-state index >= 15 is 0 Å². The number of hydrogen-bond acceptors (Lipinski definition) is 10. The Balaban J connectivity index is 1.18. The van der Waals surface area contributed by atoms with Crippen LogP contribution in [0.25, 0.3) is 16.8 Å². The fraction of sp³-hybridized carbons (Fsp3) is 0.455. The number of nitrogens with zero attached hydrogens (tertiary/aromatic N) is 7. The number of para-hydroxylation sites is 1. The van der Waals surface area contributed by atoms with Gasteiger partial charge in [-0.1, -0.05) is 39.0 Å². The summed E-state index contributed by atoms with van der Waals surface area (Å²) in [4.78, 5) is 30.1. The van der Waals surface area contributed by atoms with E-state index in [1.807, 2.05) is 45.2 Å². The molecule has 0 bridgehead atoms. The molecule has 0 spiro atoms. The van der Waals surface area contributed by atoms with Crippen LogP contribution >= 0.6 is 0 Å². The lowest BCUT2D eigenvalue weighted by molar-refractivity contribution is 0.0270. The molecule has 230 valence electrons. The number of aromatic nitrogens is 4. The van der Waals surface area contributed by atoms with Crippen molar-refractivity contribution in [1.82, 2.24) is 25.1 Å². The molecule has 0 radical (unpaired) electrons. The molecule has 0 aliphatic carbocycles. The van der Waals surface area contributed by atoms with E-state index < -0.39 is 5.60 Å². The third-order valence-corrected chi connectivity index (χ3v) is 7.93. The van der Waals surface area contributed by atoms with Gasteiger partial charge in [0.15, 0.2) is 5.82 Å². The molecule has 0 unspecified atom stereocenters. The largest absolute Gasteiger partial charge is 0.507 e. The van der Waals surface area contributed by atoms with Crippen molar-refractivity contribution in [3.8, 4) is 23.0 Å². The molecule has 3 aromatic rings. The average molecular weight is 598 g/mol. The van der Waals surface area contributed by atoms with E-state index in [4.69, 9.17) is 9.47 Å². The van der Waals surface area contributed by atoms with Crippen molar-refractivity contribution < 1.29 is 19.4 Å². The molecule has 0 saturated carbocycles. The zero-order valence-electron chi connectivity index (χ0n) is 26.1. The summed E-state index contributed by atoms with van der Waals surface area (Å²) in [5.74, 6) is 0.730. The molecule has 1 amide bonds. The molecule has 6 rings (SSSR count). The number of aliphatic imine (C=N–C) groups is 1. The zero-order valence-corrected chi connectivity index (χ0v) is 26.1. The van der Waals surface area contributed by atoms with Crippen molar-refractivity contribution in [3.05, 3.63) is 53.9 Å². The number of phenols is 1. The molecule has 1 aromatic carbocycles. The second kappa shape index (κ2) is 11.2. The van der Waals surface area contributed by atoms with Gasteiger partial charge in [0.05, 0.1) is 18.3 Å². The lowest BCUT2D eigenvalue weighted by Crippen LogP contribution is -2.39. The molecular formula is C33H39N7O4. The fourth-order valence-corrected chi connectivity index (χ4v) is 5.93. The van der Waals surface area contributed by atoms with Crippen LogP contribution in [0.15, 0.2) is 47.7 Å². The Morgan fingerprint density at radius 3 is 2.45 bits per heavy atom. The molecular weight excluding hydrogens is 558 g/mol. The van der Waals surface area contributed by atoms with E-state index in [1.54, 1.807) is 29.4 Å². The Morgan fingerprint density at radius 1 is 1.05 bits per heavy atom. The minimum Gasteiger partial charge on any atom is -0.507 e. The van der Waals surface area contributed by atoms with Gasteiger partial charge in [-0.25, -0.2) is 19.8 Å². The van der Waals surface area contributed by atoms with Gasteiger partial charge in [-0.05, 0) is 50.3 Å². The molecule has 2 aromatic heterocycles. The molecule has 11 nitrogen and oxygen atoms in total. The van der Waals surface area contributed by atoms with Gasteiger partial charge in [-0.3, -0.25) is 0 Å². The number of aromatic hydroxyl groups is 1. The second-order valence-electron chi connectivity index (χ2n) is 13.5. The molecule has 3 aliphatic rings. The van der Waals surface area contributed by atoms with E-state index in [9.17, 15) is 9.90 Å². The van der Waals surface area contributed by atoms with Crippen molar-refractivity contribution in [2.75, 3.05) is 24.5 Å². The summed E-state index contributed by atoms with van der Waals surface area (Å²) in [5, 5.41) is 19.7. The molecule has 1 saturated heterocycles. The number of hydrogen-bond donors (Lipinski definition) is 1. The van der Waals surface area contributed by atoms with E-state index in [2.05, 4.69) is 50.8 Å². The lowest BCUT2D eigenvalue weighted by Gasteiger charge is -2.34. The predicted octanol–water partition coefficient (Wildman–Crippen LogP) is 5.70. The summed E-state index contributed by atoms with van der Waals surface area (Å²) in [7, 11) is 0. The third-order valence-electron chi connectivity index (χ3n) is 7.93. The number of fused-ring (bicyclic) bond motifs is 3. The van der Waals surface area contributed by atoms with Gasteiger partial charge in [-0.2, -0.15) is 0 Å². The van der Waals surface area contributed by atoms with Crippen LogP contribution in [0.1, 0.15) is 65.5 Å². The van der Waals surface area contributed by atoms with E-state index in [0.29, 0.717) is 49.1 Å². The highest BCUT2D eigenvalue weighted by Crippen LogP contribution is 2.47. The maximum absolute atomic E-state index is 12.4. The molecule has 2 atom stereocenters. The summed E-state index contributed by atoms with van der Waals surface area (Å²) in [6.07, 6.45) is 8.45. The molecule has 44 heavy (non-hydrogen) atoms. The number of benzene rings is 1. The van der Waals surface area contributed by atoms with Gasteiger partial charge in [0.1, 0.15) is 23.1 Å². The Bertz CT molecular complexity index is 1620. The van der Waals surface area contributed by atoms with E-state index in [-0.39, 0.29) is 29.4 Å². The number of phenolic OH excluding ortho intramolecular Hbond substituents is 1. The zero-order chi connectivity index (χ0) is 31.2. The highest BCUT2D eigenvalue weighted by Gasteiger charge is 2.41. The van der Waals surface area contributed by atoms with Gasteiger partial charge < -0.3 is 24.4 Å². The monoisotopic (exact) mass is 597 g/mol. The first-order valence-electron chi connectivity index (χ1n) is 15.0. The molecule has 11 heteroatoms. The first kappa shape index (κ1) is 29.5. The van der Waals surface area contributed by atoms with Crippen molar-refractivity contribution >= 4 is 29.4 Å².